The number of rotatable bonds is 3. The first-order valence-electron chi connectivity index (χ1n) is 9.20. The van der Waals surface area contributed by atoms with Gasteiger partial charge in [0.25, 0.3) is 0 Å². The summed E-state index contributed by atoms with van der Waals surface area (Å²) in [6.45, 7) is 1.87. The van der Waals surface area contributed by atoms with Crippen molar-refractivity contribution in [2.45, 2.75) is 82.2 Å². The van der Waals surface area contributed by atoms with Gasteiger partial charge in [0.15, 0.2) is 5.82 Å². The molecule has 2 aromatic heterocycles. The van der Waals surface area contributed by atoms with Crippen molar-refractivity contribution in [3.63, 3.8) is 0 Å². The highest BCUT2D eigenvalue weighted by atomic mass is 32.1. The summed E-state index contributed by atoms with van der Waals surface area (Å²) >= 11 is 1.84. The third-order valence-electron chi connectivity index (χ3n) is 6.00. The SMILES string of the molecule is Cc1nc(C2CC3CCC(C2)N3c2nnc(C3CCCC3)s2)no1. The third kappa shape index (κ3) is 2.44. The molecule has 5 rings (SSSR count). The summed E-state index contributed by atoms with van der Waals surface area (Å²) in [5.74, 6) is 2.66. The number of aryl methyl sites for hydroxylation is 1. The van der Waals surface area contributed by atoms with Crippen molar-refractivity contribution in [2.24, 2.45) is 0 Å². The van der Waals surface area contributed by atoms with Gasteiger partial charge in [0.2, 0.25) is 11.0 Å². The van der Waals surface area contributed by atoms with Crippen LogP contribution in [0.2, 0.25) is 0 Å². The minimum absolute atomic E-state index is 0.429. The number of hydrogen-bond acceptors (Lipinski definition) is 7. The second-order valence-electron chi connectivity index (χ2n) is 7.54. The fourth-order valence-corrected chi connectivity index (χ4v) is 6.01. The van der Waals surface area contributed by atoms with Gasteiger partial charge in [-0.2, -0.15) is 4.98 Å². The van der Waals surface area contributed by atoms with Crippen LogP contribution in [0.3, 0.4) is 0 Å². The molecule has 0 amide bonds. The fraction of sp³-hybridized carbons (Fsp3) is 0.765. The van der Waals surface area contributed by atoms with Crippen LogP contribution >= 0.6 is 11.3 Å². The number of fused-ring (bicyclic) bond motifs is 2. The van der Waals surface area contributed by atoms with Crippen molar-refractivity contribution in [1.82, 2.24) is 20.3 Å². The molecule has 2 aliphatic heterocycles. The lowest BCUT2D eigenvalue weighted by molar-refractivity contribution is 0.360. The van der Waals surface area contributed by atoms with E-state index in [1.807, 2.05) is 18.3 Å². The van der Waals surface area contributed by atoms with Crippen LogP contribution in [0.15, 0.2) is 4.52 Å². The Morgan fingerprint density at radius 1 is 1.00 bits per heavy atom. The van der Waals surface area contributed by atoms with Crippen LogP contribution in [0.25, 0.3) is 0 Å². The molecule has 24 heavy (non-hydrogen) atoms. The van der Waals surface area contributed by atoms with E-state index in [-0.39, 0.29) is 0 Å². The molecular weight excluding hydrogens is 322 g/mol. The van der Waals surface area contributed by atoms with Crippen LogP contribution in [0.4, 0.5) is 5.13 Å². The van der Waals surface area contributed by atoms with E-state index in [2.05, 4.69) is 25.2 Å². The van der Waals surface area contributed by atoms with E-state index in [4.69, 9.17) is 4.52 Å². The van der Waals surface area contributed by atoms with Gasteiger partial charge in [-0.25, -0.2) is 0 Å². The number of hydrogen-bond donors (Lipinski definition) is 0. The summed E-state index contributed by atoms with van der Waals surface area (Å²) in [4.78, 5) is 7.02. The van der Waals surface area contributed by atoms with Crippen molar-refractivity contribution in [3.05, 3.63) is 16.7 Å². The van der Waals surface area contributed by atoms with Gasteiger partial charge < -0.3 is 9.42 Å². The lowest BCUT2D eigenvalue weighted by Gasteiger charge is -2.37. The summed E-state index contributed by atoms with van der Waals surface area (Å²) < 4.78 is 5.19. The second-order valence-corrected chi connectivity index (χ2v) is 8.52. The van der Waals surface area contributed by atoms with Crippen LogP contribution in [0.1, 0.15) is 79.9 Å². The number of aromatic nitrogens is 4. The molecule has 6 nitrogen and oxygen atoms in total. The lowest BCUT2D eigenvalue weighted by atomic mass is 9.90. The first-order chi connectivity index (χ1) is 11.8. The second kappa shape index (κ2) is 5.79. The molecule has 0 radical (unpaired) electrons. The molecular formula is C17H23N5OS. The van der Waals surface area contributed by atoms with E-state index in [1.165, 1.54) is 43.5 Å². The van der Waals surface area contributed by atoms with Gasteiger partial charge in [-0.1, -0.05) is 29.3 Å². The number of nitrogens with zero attached hydrogens (tertiary/aromatic N) is 5. The maximum Gasteiger partial charge on any atom is 0.223 e. The molecule has 1 aliphatic carbocycles. The van der Waals surface area contributed by atoms with E-state index in [9.17, 15) is 0 Å². The first-order valence-corrected chi connectivity index (χ1v) is 10.0. The van der Waals surface area contributed by atoms with Crippen LogP contribution in [-0.2, 0) is 0 Å². The van der Waals surface area contributed by atoms with E-state index in [1.54, 1.807) is 0 Å². The highest BCUT2D eigenvalue weighted by Crippen LogP contribution is 2.46. The Morgan fingerprint density at radius 3 is 2.42 bits per heavy atom. The van der Waals surface area contributed by atoms with Crippen molar-refractivity contribution in [3.8, 4) is 0 Å². The smallest absolute Gasteiger partial charge is 0.223 e. The molecule has 0 spiro atoms. The van der Waals surface area contributed by atoms with Gasteiger partial charge in [-0.3, -0.25) is 0 Å². The maximum absolute atomic E-state index is 5.19. The molecule has 2 aromatic rings. The van der Waals surface area contributed by atoms with Crippen LogP contribution in [0, 0.1) is 6.92 Å². The van der Waals surface area contributed by atoms with E-state index in [0.717, 1.165) is 23.8 Å². The summed E-state index contributed by atoms with van der Waals surface area (Å²) in [7, 11) is 0. The molecule has 3 fully saturated rings. The van der Waals surface area contributed by atoms with Gasteiger partial charge in [0.05, 0.1) is 0 Å². The molecule has 128 valence electrons. The normalized spacial score (nSPS) is 30.4. The molecule has 2 atom stereocenters. The number of piperidine rings is 1. The Morgan fingerprint density at radius 2 is 1.75 bits per heavy atom. The summed E-state index contributed by atoms with van der Waals surface area (Å²) in [6.07, 6.45) is 9.98. The van der Waals surface area contributed by atoms with Gasteiger partial charge in [-0.15, -0.1) is 10.2 Å². The Bertz CT molecular complexity index is 708. The molecule has 7 heteroatoms. The Hall–Kier alpha value is -1.50. The Kier molecular flexibility index (Phi) is 3.57. The largest absolute Gasteiger partial charge is 0.341 e. The summed E-state index contributed by atoms with van der Waals surface area (Å²) in [6, 6.07) is 1.11. The molecule has 2 saturated heterocycles. The average Bonchev–Trinajstić information content (AvgIpc) is 3.33. The van der Waals surface area contributed by atoms with E-state index < -0.39 is 0 Å². The fourth-order valence-electron chi connectivity index (χ4n) is 4.85. The van der Waals surface area contributed by atoms with Gasteiger partial charge >= 0.3 is 0 Å². The number of anilines is 1. The van der Waals surface area contributed by atoms with Crippen molar-refractivity contribution >= 4 is 16.5 Å². The highest BCUT2D eigenvalue weighted by Gasteiger charge is 2.44. The molecule has 0 aromatic carbocycles. The predicted molar refractivity (Wildman–Crippen MR) is 91.4 cm³/mol. The Labute approximate surface area is 145 Å². The quantitative estimate of drug-likeness (QED) is 0.843. The van der Waals surface area contributed by atoms with Crippen LogP contribution in [0.5, 0.6) is 0 Å². The summed E-state index contributed by atoms with van der Waals surface area (Å²) in [5, 5.41) is 15.7. The van der Waals surface area contributed by atoms with Gasteiger partial charge in [0.1, 0.15) is 5.01 Å². The molecule has 0 N–H and O–H groups in total. The van der Waals surface area contributed by atoms with Crippen molar-refractivity contribution < 1.29 is 4.52 Å². The average molecular weight is 345 g/mol. The Balaban J connectivity index is 1.35. The topological polar surface area (TPSA) is 67.9 Å². The minimum Gasteiger partial charge on any atom is -0.341 e. The van der Waals surface area contributed by atoms with E-state index >= 15 is 0 Å². The zero-order valence-corrected chi connectivity index (χ0v) is 14.8. The molecule has 2 bridgehead atoms. The molecule has 2 unspecified atom stereocenters. The molecule has 3 aliphatic rings. The highest BCUT2D eigenvalue weighted by molar-refractivity contribution is 7.15. The zero-order valence-electron chi connectivity index (χ0n) is 14.0. The van der Waals surface area contributed by atoms with Crippen LogP contribution in [-0.4, -0.2) is 32.4 Å². The van der Waals surface area contributed by atoms with Gasteiger partial charge in [-0.05, 0) is 38.5 Å². The molecule has 4 heterocycles. The van der Waals surface area contributed by atoms with Crippen molar-refractivity contribution in [2.75, 3.05) is 4.90 Å². The van der Waals surface area contributed by atoms with Crippen molar-refractivity contribution in [1.29, 1.82) is 0 Å². The zero-order chi connectivity index (χ0) is 16.1. The minimum atomic E-state index is 0.429. The predicted octanol–water partition coefficient (Wildman–Crippen LogP) is 3.80. The third-order valence-corrected chi connectivity index (χ3v) is 7.10. The maximum atomic E-state index is 5.19. The standard InChI is InChI=1S/C17H23N5OS/c1-10-18-15(21-23-10)12-8-13-6-7-14(9-12)22(13)17-20-19-16(24-17)11-4-2-3-5-11/h11-14H,2-9H2,1H3. The lowest BCUT2D eigenvalue weighted by Crippen LogP contribution is -2.42. The summed E-state index contributed by atoms with van der Waals surface area (Å²) in [5.41, 5.74) is 0. The first kappa shape index (κ1) is 14.8. The molecule has 1 saturated carbocycles. The van der Waals surface area contributed by atoms with E-state index in [0.29, 0.717) is 29.8 Å². The van der Waals surface area contributed by atoms with Crippen LogP contribution < -0.4 is 4.90 Å². The monoisotopic (exact) mass is 345 g/mol. The van der Waals surface area contributed by atoms with Gasteiger partial charge in [0, 0.05) is 30.8 Å².